The van der Waals surface area contributed by atoms with E-state index in [0.717, 1.165) is 38.4 Å². The molecule has 0 unspecified atom stereocenters. The Bertz CT molecular complexity index is 344. The Labute approximate surface area is 136 Å². The van der Waals surface area contributed by atoms with Crippen molar-refractivity contribution in [3.63, 3.8) is 0 Å². The Balaban J connectivity index is 2.17. The molecule has 0 spiro atoms. The van der Waals surface area contributed by atoms with Crippen LogP contribution in [0.4, 0.5) is 0 Å². The summed E-state index contributed by atoms with van der Waals surface area (Å²) >= 11 is 0. The first kappa shape index (κ1) is 19.0. The SMILES string of the molecule is CCCCCCCC[C@H]1CCC(=O)[C@@H]1CCCC=CC=CO. The summed E-state index contributed by atoms with van der Waals surface area (Å²) < 4.78 is 0. The third-order valence-electron chi connectivity index (χ3n) is 4.89. The molecule has 0 bridgehead atoms. The number of carbonyl (C=O) groups excluding carboxylic acids is 1. The molecular formula is C20H34O2. The van der Waals surface area contributed by atoms with Crippen LogP contribution in [0.1, 0.15) is 84.0 Å². The van der Waals surface area contributed by atoms with Gasteiger partial charge in [-0.15, -0.1) is 0 Å². The maximum Gasteiger partial charge on any atom is 0.136 e. The Morgan fingerprint density at radius 2 is 1.82 bits per heavy atom. The van der Waals surface area contributed by atoms with Crippen LogP contribution in [0.15, 0.2) is 24.5 Å². The molecule has 1 rings (SSSR count). The molecule has 1 fully saturated rings. The molecule has 0 aromatic heterocycles. The molecule has 2 nitrogen and oxygen atoms in total. The first-order valence-corrected chi connectivity index (χ1v) is 9.28. The van der Waals surface area contributed by atoms with Gasteiger partial charge in [0, 0.05) is 12.3 Å². The van der Waals surface area contributed by atoms with Crippen molar-refractivity contribution in [3.8, 4) is 0 Å². The van der Waals surface area contributed by atoms with Gasteiger partial charge in [-0.3, -0.25) is 4.79 Å². The van der Waals surface area contributed by atoms with E-state index in [4.69, 9.17) is 5.11 Å². The number of rotatable bonds is 12. The van der Waals surface area contributed by atoms with Crippen molar-refractivity contribution in [1.29, 1.82) is 0 Å². The molecule has 0 aromatic rings. The van der Waals surface area contributed by atoms with Gasteiger partial charge in [-0.1, -0.05) is 57.6 Å². The molecule has 1 aliphatic rings. The van der Waals surface area contributed by atoms with E-state index >= 15 is 0 Å². The lowest BCUT2D eigenvalue weighted by Crippen LogP contribution is -2.14. The molecule has 1 saturated carbocycles. The zero-order valence-corrected chi connectivity index (χ0v) is 14.3. The van der Waals surface area contributed by atoms with Crippen LogP contribution in [-0.4, -0.2) is 10.9 Å². The highest BCUT2D eigenvalue weighted by atomic mass is 16.2. The largest absolute Gasteiger partial charge is 0.516 e. The van der Waals surface area contributed by atoms with Crippen molar-refractivity contribution in [2.24, 2.45) is 11.8 Å². The zero-order chi connectivity index (χ0) is 16.0. The second kappa shape index (κ2) is 12.5. The predicted molar refractivity (Wildman–Crippen MR) is 94.0 cm³/mol. The van der Waals surface area contributed by atoms with Crippen LogP contribution < -0.4 is 0 Å². The number of hydrogen-bond acceptors (Lipinski definition) is 2. The van der Waals surface area contributed by atoms with Crippen molar-refractivity contribution in [2.75, 3.05) is 0 Å². The topological polar surface area (TPSA) is 37.3 Å². The lowest BCUT2D eigenvalue weighted by Gasteiger charge is -2.18. The van der Waals surface area contributed by atoms with Gasteiger partial charge in [0.05, 0.1) is 6.26 Å². The summed E-state index contributed by atoms with van der Waals surface area (Å²) in [4.78, 5) is 12.1. The molecule has 126 valence electrons. The average molecular weight is 306 g/mol. The fourth-order valence-electron chi connectivity index (χ4n) is 3.59. The summed E-state index contributed by atoms with van der Waals surface area (Å²) in [5.74, 6) is 1.49. The Hall–Kier alpha value is -1.05. The van der Waals surface area contributed by atoms with E-state index in [1.807, 2.05) is 6.08 Å². The van der Waals surface area contributed by atoms with Gasteiger partial charge >= 0.3 is 0 Å². The van der Waals surface area contributed by atoms with Gasteiger partial charge in [0.2, 0.25) is 0 Å². The number of ketones is 1. The molecular weight excluding hydrogens is 272 g/mol. The summed E-state index contributed by atoms with van der Waals surface area (Å²) in [5, 5.41) is 8.54. The van der Waals surface area contributed by atoms with Crippen LogP contribution in [0.25, 0.3) is 0 Å². The van der Waals surface area contributed by atoms with Crippen molar-refractivity contribution in [2.45, 2.75) is 84.0 Å². The fraction of sp³-hybridized carbons (Fsp3) is 0.750. The normalized spacial score (nSPS) is 22.3. The fourth-order valence-corrected chi connectivity index (χ4v) is 3.59. The Morgan fingerprint density at radius 3 is 2.59 bits per heavy atom. The minimum Gasteiger partial charge on any atom is -0.516 e. The lowest BCUT2D eigenvalue weighted by atomic mass is 9.86. The molecule has 0 aliphatic heterocycles. The quantitative estimate of drug-likeness (QED) is 0.267. The van der Waals surface area contributed by atoms with E-state index in [1.165, 1.54) is 44.9 Å². The van der Waals surface area contributed by atoms with E-state index in [9.17, 15) is 4.79 Å². The summed E-state index contributed by atoms with van der Waals surface area (Å²) in [6.07, 6.45) is 21.0. The first-order valence-electron chi connectivity index (χ1n) is 9.28. The number of aliphatic hydroxyl groups excluding tert-OH is 1. The number of aliphatic hydroxyl groups is 1. The molecule has 1 N–H and O–H groups in total. The van der Waals surface area contributed by atoms with Crippen LogP contribution in [0, 0.1) is 11.8 Å². The van der Waals surface area contributed by atoms with Gasteiger partial charge in [0.25, 0.3) is 0 Å². The van der Waals surface area contributed by atoms with Gasteiger partial charge in [0.1, 0.15) is 5.78 Å². The smallest absolute Gasteiger partial charge is 0.136 e. The van der Waals surface area contributed by atoms with Gasteiger partial charge in [-0.2, -0.15) is 0 Å². The molecule has 0 amide bonds. The molecule has 0 radical (unpaired) electrons. The standard InChI is InChI=1S/C20H34O2/c1-2-3-4-5-7-10-13-18-15-16-20(22)19(18)14-11-8-6-9-12-17-21/h6,9,12,17-19,21H,2-5,7-8,10-11,13-16H2,1H3/t18-,19+/m0/s1. The van der Waals surface area contributed by atoms with Gasteiger partial charge < -0.3 is 5.11 Å². The van der Waals surface area contributed by atoms with Crippen molar-refractivity contribution < 1.29 is 9.90 Å². The zero-order valence-electron chi connectivity index (χ0n) is 14.3. The van der Waals surface area contributed by atoms with Crippen LogP contribution in [-0.2, 0) is 4.79 Å². The number of allylic oxidation sites excluding steroid dienone is 3. The maximum absolute atomic E-state index is 12.1. The molecule has 0 aromatic carbocycles. The number of carbonyl (C=O) groups is 1. The summed E-state index contributed by atoms with van der Waals surface area (Å²) in [6.45, 7) is 2.25. The minimum absolute atomic E-state index is 0.331. The summed E-state index contributed by atoms with van der Waals surface area (Å²) in [6, 6.07) is 0. The van der Waals surface area contributed by atoms with Gasteiger partial charge in [0.15, 0.2) is 0 Å². The highest BCUT2D eigenvalue weighted by Crippen LogP contribution is 2.36. The summed E-state index contributed by atoms with van der Waals surface area (Å²) in [7, 11) is 0. The van der Waals surface area contributed by atoms with Crippen LogP contribution in [0.5, 0.6) is 0 Å². The predicted octanol–water partition coefficient (Wildman–Crippen LogP) is 6.13. The van der Waals surface area contributed by atoms with E-state index < -0.39 is 0 Å². The van der Waals surface area contributed by atoms with Crippen LogP contribution >= 0.6 is 0 Å². The summed E-state index contributed by atoms with van der Waals surface area (Å²) in [5.41, 5.74) is 0. The van der Waals surface area contributed by atoms with Crippen LogP contribution in [0.2, 0.25) is 0 Å². The molecule has 0 heterocycles. The van der Waals surface area contributed by atoms with Crippen molar-refractivity contribution >= 4 is 5.78 Å². The molecule has 1 aliphatic carbocycles. The Morgan fingerprint density at radius 1 is 1.05 bits per heavy atom. The van der Waals surface area contributed by atoms with Crippen molar-refractivity contribution in [1.82, 2.24) is 0 Å². The van der Waals surface area contributed by atoms with E-state index in [2.05, 4.69) is 13.0 Å². The second-order valence-corrected chi connectivity index (χ2v) is 6.63. The second-order valence-electron chi connectivity index (χ2n) is 6.63. The minimum atomic E-state index is 0.331. The lowest BCUT2D eigenvalue weighted by molar-refractivity contribution is -0.121. The van der Waals surface area contributed by atoms with E-state index in [-0.39, 0.29) is 0 Å². The van der Waals surface area contributed by atoms with E-state index in [1.54, 1.807) is 6.08 Å². The third-order valence-corrected chi connectivity index (χ3v) is 4.89. The molecule has 22 heavy (non-hydrogen) atoms. The first-order chi connectivity index (χ1) is 10.8. The average Bonchev–Trinajstić information content (AvgIpc) is 2.87. The molecule has 2 heteroatoms. The monoisotopic (exact) mass is 306 g/mol. The highest BCUT2D eigenvalue weighted by Gasteiger charge is 2.33. The number of unbranched alkanes of at least 4 members (excludes halogenated alkanes) is 6. The van der Waals surface area contributed by atoms with Crippen molar-refractivity contribution in [3.05, 3.63) is 24.5 Å². The van der Waals surface area contributed by atoms with Gasteiger partial charge in [-0.25, -0.2) is 0 Å². The highest BCUT2D eigenvalue weighted by molar-refractivity contribution is 5.83. The number of Topliss-reactive ketones (excluding diaryl/α,β-unsaturated/α-hetero) is 1. The maximum atomic E-state index is 12.1. The van der Waals surface area contributed by atoms with Gasteiger partial charge in [-0.05, 0) is 44.1 Å². The van der Waals surface area contributed by atoms with E-state index in [0.29, 0.717) is 17.6 Å². The Kier molecular flexibility index (Phi) is 10.8. The molecule has 2 atom stereocenters. The molecule has 0 saturated heterocycles. The van der Waals surface area contributed by atoms with Crippen LogP contribution in [0.3, 0.4) is 0 Å². The number of hydrogen-bond donors (Lipinski definition) is 1. The third kappa shape index (κ3) is 7.82.